The number of benzene rings is 1. The molecule has 1 aliphatic heterocycles. The summed E-state index contributed by atoms with van der Waals surface area (Å²) >= 11 is 0. The van der Waals surface area contributed by atoms with E-state index in [1.165, 1.54) is 0 Å². The summed E-state index contributed by atoms with van der Waals surface area (Å²) in [5.41, 5.74) is 1.07. The van der Waals surface area contributed by atoms with Crippen LogP contribution in [0, 0.1) is 0 Å². The third kappa shape index (κ3) is 4.81. The van der Waals surface area contributed by atoms with E-state index in [0.29, 0.717) is 49.8 Å². The second-order valence-corrected chi connectivity index (χ2v) is 6.52. The Morgan fingerprint density at radius 2 is 1.74 bits per heavy atom. The molecule has 1 aromatic carbocycles. The number of rotatable bonds is 6. The van der Waals surface area contributed by atoms with E-state index in [2.05, 4.69) is 27.1 Å². The molecule has 0 aliphatic carbocycles. The average molecular weight is 367 g/mol. The van der Waals surface area contributed by atoms with E-state index in [4.69, 9.17) is 0 Å². The zero-order valence-corrected chi connectivity index (χ0v) is 15.6. The third-order valence-electron chi connectivity index (χ3n) is 4.59. The van der Waals surface area contributed by atoms with Gasteiger partial charge in [-0.05, 0) is 30.7 Å². The van der Waals surface area contributed by atoms with Gasteiger partial charge in [-0.2, -0.15) is 0 Å². The lowest BCUT2D eigenvalue weighted by Gasteiger charge is -2.34. The molecule has 1 aliphatic rings. The van der Waals surface area contributed by atoms with Crippen LogP contribution in [0.25, 0.3) is 0 Å². The second-order valence-electron chi connectivity index (χ2n) is 6.52. The van der Waals surface area contributed by atoms with Gasteiger partial charge >= 0.3 is 0 Å². The van der Waals surface area contributed by atoms with Crippen molar-refractivity contribution in [3.05, 3.63) is 53.9 Å². The molecule has 0 unspecified atom stereocenters. The number of anilines is 1. The summed E-state index contributed by atoms with van der Waals surface area (Å²) in [4.78, 5) is 37.4. The Balaban J connectivity index is 1.60. The van der Waals surface area contributed by atoms with Gasteiger partial charge in [-0.3, -0.25) is 9.59 Å². The van der Waals surface area contributed by atoms with Crippen LogP contribution in [0.3, 0.4) is 0 Å². The predicted molar refractivity (Wildman–Crippen MR) is 104 cm³/mol. The molecule has 2 aromatic rings. The molecule has 27 heavy (non-hydrogen) atoms. The first kappa shape index (κ1) is 18.8. The summed E-state index contributed by atoms with van der Waals surface area (Å²) in [7, 11) is 0. The molecule has 0 spiro atoms. The fourth-order valence-electron chi connectivity index (χ4n) is 3.02. The first-order chi connectivity index (χ1) is 13.2. The van der Waals surface area contributed by atoms with Crippen LogP contribution in [0.15, 0.2) is 42.7 Å². The van der Waals surface area contributed by atoms with E-state index in [0.717, 1.165) is 12.8 Å². The van der Waals surface area contributed by atoms with Crippen molar-refractivity contribution in [3.8, 4) is 0 Å². The van der Waals surface area contributed by atoms with Crippen LogP contribution in [0.2, 0.25) is 0 Å². The maximum absolute atomic E-state index is 12.8. The van der Waals surface area contributed by atoms with Crippen LogP contribution in [0.4, 0.5) is 5.95 Å². The van der Waals surface area contributed by atoms with Crippen molar-refractivity contribution in [3.63, 3.8) is 0 Å². The van der Waals surface area contributed by atoms with E-state index in [1.54, 1.807) is 42.7 Å². The quantitative estimate of drug-likeness (QED) is 0.790. The Morgan fingerprint density at radius 1 is 1.04 bits per heavy atom. The molecule has 1 aromatic heterocycles. The number of unbranched alkanes of at least 4 members (excludes halogenated alkanes) is 1. The largest absolute Gasteiger partial charge is 0.352 e. The zero-order valence-electron chi connectivity index (χ0n) is 15.6. The molecule has 0 atom stereocenters. The summed E-state index contributed by atoms with van der Waals surface area (Å²) in [6.45, 7) is 5.31. The Morgan fingerprint density at radius 3 is 2.44 bits per heavy atom. The van der Waals surface area contributed by atoms with Crippen molar-refractivity contribution in [2.45, 2.75) is 19.8 Å². The highest BCUT2D eigenvalue weighted by Gasteiger charge is 2.23. The van der Waals surface area contributed by atoms with Gasteiger partial charge in [0.2, 0.25) is 5.95 Å². The minimum absolute atomic E-state index is 0.0492. The van der Waals surface area contributed by atoms with Crippen molar-refractivity contribution >= 4 is 17.8 Å². The number of piperazine rings is 1. The predicted octanol–water partition coefficient (Wildman–Crippen LogP) is 1.97. The first-order valence-electron chi connectivity index (χ1n) is 9.38. The minimum Gasteiger partial charge on any atom is -0.352 e. The number of hydrogen-bond acceptors (Lipinski definition) is 5. The van der Waals surface area contributed by atoms with Crippen LogP contribution >= 0.6 is 0 Å². The monoisotopic (exact) mass is 367 g/mol. The van der Waals surface area contributed by atoms with Crippen LogP contribution < -0.4 is 10.2 Å². The lowest BCUT2D eigenvalue weighted by Crippen LogP contribution is -2.49. The highest BCUT2D eigenvalue weighted by atomic mass is 16.2. The summed E-state index contributed by atoms with van der Waals surface area (Å²) in [6, 6.07) is 8.72. The topological polar surface area (TPSA) is 78.4 Å². The number of aromatic nitrogens is 2. The highest BCUT2D eigenvalue weighted by Crippen LogP contribution is 2.14. The molecule has 0 radical (unpaired) electrons. The van der Waals surface area contributed by atoms with E-state index >= 15 is 0 Å². The minimum atomic E-state index is -0.135. The fourth-order valence-corrected chi connectivity index (χ4v) is 3.02. The van der Waals surface area contributed by atoms with Gasteiger partial charge in [0.25, 0.3) is 11.8 Å². The lowest BCUT2D eigenvalue weighted by atomic mass is 10.1. The zero-order chi connectivity index (χ0) is 19.1. The molecule has 1 N–H and O–H groups in total. The van der Waals surface area contributed by atoms with Gasteiger partial charge in [0.05, 0.1) is 0 Å². The number of hydrogen-bond donors (Lipinski definition) is 1. The van der Waals surface area contributed by atoms with Gasteiger partial charge in [0.1, 0.15) is 0 Å². The third-order valence-corrected chi connectivity index (χ3v) is 4.59. The number of amides is 2. The summed E-state index contributed by atoms with van der Waals surface area (Å²) in [5.74, 6) is 0.506. The molecule has 1 fully saturated rings. The van der Waals surface area contributed by atoms with Crippen molar-refractivity contribution in [1.29, 1.82) is 0 Å². The summed E-state index contributed by atoms with van der Waals surface area (Å²) < 4.78 is 0. The SMILES string of the molecule is CCCCNC(=O)c1cccc(C(=O)N2CCN(c3ncccn3)CC2)c1. The molecule has 1 saturated heterocycles. The van der Waals surface area contributed by atoms with Gasteiger partial charge in [-0.25, -0.2) is 9.97 Å². The van der Waals surface area contributed by atoms with Gasteiger partial charge in [-0.15, -0.1) is 0 Å². The van der Waals surface area contributed by atoms with Crippen molar-refractivity contribution in [2.24, 2.45) is 0 Å². The highest BCUT2D eigenvalue weighted by molar-refractivity contribution is 5.99. The number of nitrogens with one attached hydrogen (secondary N) is 1. The first-order valence-corrected chi connectivity index (χ1v) is 9.38. The van der Waals surface area contributed by atoms with Gasteiger partial charge in [0.15, 0.2) is 0 Å². The molecule has 0 bridgehead atoms. The molecule has 142 valence electrons. The molecule has 7 nitrogen and oxygen atoms in total. The van der Waals surface area contributed by atoms with Crippen LogP contribution in [0.1, 0.15) is 40.5 Å². The lowest BCUT2D eigenvalue weighted by molar-refractivity contribution is 0.0746. The molecule has 2 heterocycles. The number of carbonyl (C=O) groups is 2. The van der Waals surface area contributed by atoms with Crippen LogP contribution in [-0.2, 0) is 0 Å². The molecule has 0 saturated carbocycles. The van der Waals surface area contributed by atoms with Gasteiger partial charge in [0, 0.05) is 56.2 Å². The van der Waals surface area contributed by atoms with Crippen molar-refractivity contribution in [2.75, 3.05) is 37.6 Å². The molecular weight excluding hydrogens is 342 g/mol. The average Bonchev–Trinajstić information content (AvgIpc) is 2.74. The normalized spacial score (nSPS) is 14.1. The molecule has 7 heteroatoms. The van der Waals surface area contributed by atoms with E-state index in [1.807, 2.05) is 4.90 Å². The number of nitrogens with zero attached hydrogens (tertiary/aromatic N) is 4. The summed E-state index contributed by atoms with van der Waals surface area (Å²) in [6.07, 6.45) is 5.41. The van der Waals surface area contributed by atoms with Gasteiger partial charge < -0.3 is 15.1 Å². The second kappa shape index (κ2) is 9.12. The van der Waals surface area contributed by atoms with Crippen LogP contribution in [0.5, 0.6) is 0 Å². The standard InChI is InChI=1S/C20H25N5O2/c1-2-3-8-21-18(26)16-6-4-7-17(15-16)19(27)24-11-13-25(14-12-24)20-22-9-5-10-23-20/h4-7,9-10,15H,2-3,8,11-14H2,1H3,(H,21,26). The Labute approximate surface area is 159 Å². The Bertz CT molecular complexity index is 773. The number of carbonyl (C=O) groups excluding carboxylic acids is 2. The van der Waals surface area contributed by atoms with E-state index in [-0.39, 0.29) is 11.8 Å². The Hall–Kier alpha value is -2.96. The molecular formula is C20H25N5O2. The van der Waals surface area contributed by atoms with Crippen LogP contribution in [-0.4, -0.2) is 59.4 Å². The molecule has 2 amide bonds. The Kier molecular flexibility index (Phi) is 6.35. The van der Waals surface area contributed by atoms with Crippen molar-refractivity contribution < 1.29 is 9.59 Å². The maximum atomic E-state index is 12.8. The fraction of sp³-hybridized carbons (Fsp3) is 0.400. The molecule has 3 rings (SSSR count). The smallest absolute Gasteiger partial charge is 0.253 e. The summed E-state index contributed by atoms with van der Waals surface area (Å²) in [5, 5.41) is 2.89. The van der Waals surface area contributed by atoms with E-state index < -0.39 is 0 Å². The van der Waals surface area contributed by atoms with E-state index in [9.17, 15) is 9.59 Å². The van der Waals surface area contributed by atoms with Gasteiger partial charge in [-0.1, -0.05) is 19.4 Å². The van der Waals surface area contributed by atoms with Crippen molar-refractivity contribution in [1.82, 2.24) is 20.2 Å². The maximum Gasteiger partial charge on any atom is 0.253 e.